The third kappa shape index (κ3) is 5.20. The summed E-state index contributed by atoms with van der Waals surface area (Å²) in [6.07, 6.45) is -1.28. The molecule has 23 heavy (non-hydrogen) atoms. The highest BCUT2D eigenvalue weighted by Gasteiger charge is 2.22. The Labute approximate surface area is 137 Å². The molecular weight excluding hydrogens is 350 g/mol. The third-order valence-electron chi connectivity index (χ3n) is 2.59. The first kappa shape index (κ1) is 18.9. The fourth-order valence-corrected chi connectivity index (χ4v) is 2.48. The van der Waals surface area contributed by atoms with Crippen LogP contribution in [0, 0.1) is 0 Å². The van der Waals surface area contributed by atoms with Gasteiger partial charge >= 0.3 is 12.0 Å². The van der Waals surface area contributed by atoms with Crippen LogP contribution in [0.5, 0.6) is 0 Å². The lowest BCUT2D eigenvalue weighted by molar-refractivity contribution is -0.127. The Bertz CT molecular complexity index is 749. The van der Waals surface area contributed by atoms with E-state index < -0.39 is 38.9 Å². The number of halogens is 1. The number of sulfonamides is 1. The van der Waals surface area contributed by atoms with Crippen LogP contribution < -0.4 is 15.8 Å². The Kier molecular flexibility index (Phi) is 6.07. The van der Waals surface area contributed by atoms with Gasteiger partial charge in [-0.2, -0.15) is 0 Å². The van der Waals surface area contributed by atoms with Crippen molar-refractivity contribution in [3.63, 3.8) is 0 Å². The number of urea groups is 1. The van der Waals surface area contributed by atoms with E-state index in [1.54, 1.807) is 0 Å². The highest BCUT2D eigenvalue weighted by atomic mass is 35.5. The summed E-state index contributed by atoms with van der Waals surface area (Å²) >= 11 is 5.70. The van der Waals surface area contributed by atoms with E-state index in [0.717, 1.165) is 12.1 Å². The molecule has 0 aromatic heterocycles. The molecule has 0 radical (unpaired) electrons. The van der Waals surface area contributed by atoms with Crippen LogP contribution in [-0.4, -0.2) is 39.5 Å². The van der Waals surface area contributed by atoms with E-state index in [9.17, 15) is 22.8 Å². The minimum absolute atomic E-state index is 0.158. The molecule has 0 fully saturated rings. The molecule has 1 unspecified atom stereocenters. The maximum Gasteiger partial charge on any atom is 0.338 e. The first-order valence-electron chi connectivity index (χ1n) is 6.12. The van der Waals surface area contributed by atoms with Gasteiger partial charge in [-0.15, -0.1) is 0 Å². The number of benzene rings is 1. The van der Waals surface area contributed by atoms with E-state index in [1.165, 1.54) is 20.0 Å². The zero-order chi connectivity index (χ0) is 17.8. The predicted molar refractivity (Wildman–Crippen MR) is 80.3 cm³/mol. The molecule has 0 aliphatic rings. The average molecular weight is 364 g/mol. The van der Waals surface area contributed by atoms with Gasteiger partial charge in [0.1, 0.15) is 4.90 Å². The van der Waals surface area contributed by atoms with Gasteiger partial charge in [-0.1, -0.05) is 11.6 Å². The monoisotopic (exact) mass is 363 g/mol. The van der Waals surface area contributed by atoms with Crippen molar-refractivity contribution in [3.8, 4) is 0 Å². The van der Waals surface area contributed by atoms with Gasteiger partial charge in [-0.05, 0) is 25.1 Å². The highest BCUT2D eigenvalue weighted by molar-refractivity contribution is 7.89. The Morgan fingerprint density at radius 2 is 1.91 bits per heavy atom. The maximum absolute atomic E-state index is 11.9. The van der Waals surface area contributed by atoms with E-state index in [2.05, 4.69) is 5.32 Å². The van der Waals surface area contributed by atoms with E-state index in [-0.39, 0.29) is 10.6 Å². The number of amides is 3. The van der Waals surface area contributed by atoms with Gasteiger partial charge in [0.15, 0.2) is 6.10 Å². The summed E-state index contributed by atoms with van der Waals surface area (Å²) in [7, 11) is -2.82. The van der Waals surface area contributed by atoms with Crippen molar-refractivity contribution in [1.29, 1.82) is 0 Å². The van der Waals surface area contributed by atoms with Crippen LogP contribution in [0.15, 0.2) is 23.1 Å². The molecule has 126 valence electrons. The summed E-state index contributed by atoms with van der Waals surface area (Å²) in [6, 6.07) is 2.54. The molecule has 1 rings (SSSR count). The van der Waals surface area contributed by atoms with Crippen molar-refractivity contribution < 1.29 is 27.5 Å². The molecule has 0 saturated heterocycles. The van der Waals surface area contributed by atoms with Crippen molar-refractivity contribution in [2.24, 2.45) is 5.14 Å². The smallest absolute Gasteiger partial charge is 0.338 e. The Morgan fingerprint density at radius 1 is 1.30 bits per heavy atom. The van der Waals surface area contributed by atoms with Gasteiger partial charge in [-0.25, -0.2) is 23.1 Å². The molecule has 11 heteroatoms. The number of carbonyl (C=O) groups is 3. The molecule has 9 nitrogen and oxygen atoms in total. The minimum Gasteiger partial charge on any atom is -0.449 e. The largest absolute Gasteiger partial charge is 0.449 e. The number of esters is 1. The lowest BCUT2D eigenvalue weighted by Gasteiger charge is -2.13. The molecule has 3 amide bonds. The SMILES string of the molecule is CNC(=O)NC(=O)C(C)OC(=O)c1ccc(Cl)c(S(N)(=O)=O)c1. The zero-order valence-corrected chi connectivity index (χ0v) is 13.7. The molecule has 0 aliphatic carbocycles. The van der Waals surface area contributed by atoms with Crippen LogP contribution in [0.3, 0.4) is 0 Å². The van der Waals surface area contributed by atoms with Gasteiger partial charge in [0.25, 0.3) is 5.91 Å². The first-order chi connectivity index (χ1) is 10.6. The van der Waals surface area contributed by atoms with E-state index >= 15 is 0 Å². The van der Waals surface area contributed by atoms with E-state index in [1.807, 2.05) is 5.32 Å². The number of rotatable bonds is 4. The van der Waals surface area contributed by atoms with Crippen molar-refractivity contribution in [1.82, 2.24) is 10.6 Å². The van der Waals surface area contributed by atoms with Gasteiger partial charge in [-0.3, -0.25) is 10.1 Å². The second kappa shape index (κ2) is 7.40. The van der Waals surface area contributed by atoms with Crippen LogP contribution in [-0.2, 0) is 19.6 Å². The fourth-order valence-electron chi connectivity index (χ4n) is 1.41. The van der Waals surface area contributed by atoms with Gasteiger partial charge in [0.2, 0.25) is 10.0 Å². The predicted octanol–water partition coefficient (Wildman–Crippen LogP) is -0.0117. The van der Waals surface area contributed by atoms with Crippen molar-refractivity contribution in [2.45, 2.75) is 17.9 Å². The van der Waals surface area contributed by atoms with Crippen LogP contribution >= 0.6 is 11.6 Å². The summed E-state index contributed by atoms with van der Waals surface area (Å²) in [5, 5.41) is 8.90. The van der Waals surface area contributed by atoms with Crippen molar-refractivity contribution in [2.75, 3.05) is 7.05 Å². The molecule has 1 aromatic carbocycles. The topological polar surface area (TPSA) is 145 Å². The van der Waals surface area contributed by atoms with Gasteiger partial charge < -0.3 is 10.1 Å². The molecule has 0 heterocycles. The lowest BCUT2D eigenvalue weighted by Crippen LogP contribution is -2.43. The third-order valence-corrected chi connectivity index (χ3v) is 3.98. The molecule has 0 aliphatic heterocycles. The number of primary sulfonamides is 1. The number of carbonyl (C=O) groups excluding carboxylic acids is 3. The van der Waals surface area contributed by atoms with Gasteiger partial charge in [0.05, 0.1) is 10.6 Å². The Hall–Kier alpha value is -2.17. The average Bonchev–Trinajstić information content (AvgIpc) is 2.45. The number of nitrogens with one attached hydrogen (secondary N) is 2. The summed E-state index contributed by atoms with van der Waals surface area (Å²) in [6.45, 7) is 1.24. The van der Waals surface area contributed by atoms with Crippen LogP contribution in [0.2, 0.25) is 5.02 Å². The molecular formula is C12H14ClN3O6S. The van der Waals surface area contributed by atoms with E-state index in [4.69, 9.17) is 21.5 Å². The molecule has 1 atom stereocenters. The van der Waals surface area contributed by atoms with E-state index in [0.29, 0.717) is 0 Å². The van der Waals surface area contributed by atoms with Crippen LogP contribution in [0.25, 0.3) is 0 Å². The highest BCUT2D eigenvalue weighted by Crippen LogP contribution is 2.22. The molecule has 0 spiro atoms. The standard InChI is InChI=1S/C12H14ClN3O6S/c1-6(10(17)16-12(19)15-2)22-11(18)7-3-4-8(13)9(5-7)23(14,20)21/h3-6H,1-2H3,(H2,14,20,21)(H2,15,16,17,19). The van der Waals surface area contributed by atoms with Gasteiger partial charge in [0, 0.05) is 7.05 Å². The number of hydrogen-bond acceptors (Lipinski definition) is 6. The molecule has 4 N–H and O–H groups in total. The number of ether oxygens (including phenoxy) is 1. The van der Waals surface area contributed by atoms with Crippen molar-refractivity contribution in [3.05, 3.63) is 28.8 Å². The lowest BCUT2D eigenvalue weighted by atomic mass is 10.2. The second-order valence-electron chi connectivity index (χ2n) is 4.31. The Balaban J connectivity index is 2.91. The molecule has 1 aromatic rings. The maximum atomic E-state index is 11.9. The molecule has 0 saturated carbocycles. The summed E-state index contributed by atoms with van der Waals surface area (Å²) in [5.41, 5.74) is -0.169. The normalized spacial score (nSPS) is 12.2. The number of nitrogens with two attached hydrogens (primary N) is 1. The summed E-state index contributed by atoms with van der Waals surface area (Å²) < 4.78 is 27.5. The Morgan fingerprint density at radius 3 is 2.43 bits per heavy atom. The molecule has 0 bridgehead atoms. The quantitative estimate of drug-likeness (QED) is 0.641. The second-order valence-corrected chi connectivity index (χ2v) is 6.24. The number of imide groups is 1. The summed E-state index contributed by atoms with van der Waals surface area (Å²) in [4.78, 5) is 34.0. The minimum atomic E-state index is -4.13. The first-order valence-corrected chi connectivity index (χ1v) is 8.04. The van der Waals surface area contributed by atoms with Crippen molar-refractivity contribution >= 4 is 39.5 Å². The fraction of sp³-hybridized carbons (Fsp3) is 0.250. The number of hydrogen-bond donors (Lipinski definition) is 3. The van der Waals surface area contributed by atoms with Crippen LogP contribution in [0.4, 0.5) is 4.79 Å². The zero-order valence-electron chi connectivity index (χ0n) is 12.1. The summed E-state index contributed by atoms with van der Waals surface area (Å²) in [5.74, 6) is -1.83. The van der Waals surface area contributed by atoms with Crippen LogP contribution in [0.1, 0.15) is 17.3 Å².